The van der Waals surface area contributed by atoms with Gasteiger partial charge in [0.25, 0.3) is 0 Å². The maximum absolute atomic E-state index is 6.87. The van der Waals surface area contributed by atoms with Gasteiger partial charge in [0.05, 0.1) is 21.9 Å². The molecule has 2 spiro atoms. The molecule has 1 unspecified atom stereocenters. The average molecular weight is 812 g/mol. The van der Waals surface area contributed by atoms with Gasteiger partial charge in [0.2, 0.25) is 0 Å². The number of aromatic nitrogens is 1. The Balaban J connectivity index is 1.05. The van der Waals surface area contributed by atoms with Crippen molar-refractivity contribution >= 4 is 21.8 Å². The Kier molecular flexibility index (Phi) is 6.58. The van der Waals surface area contributed by atoms with Crippen molar-refractivity contribution in [3.63, 3.8) is 0 Å². The summed E-state index contributed by atoms with van der Waals surface area (Å²) in [6.07, 6.45) is 0. The quantitative estimate of drug-likeness (QED) is 0.170. The van der Waals surface area contributed by atoms with Crippen LogP contribution in [0.25, 0.3) is 72.0 Å². The number of benzene rings is 10. The van der Waals surface area contributed by atoms with E-state index in [-0.39, 0.29) is 0 Å². The summed E-state index contributed by atoms with van der Waals surface area (Å²) in [7, 11) is 0. The number of nitrogens with zero attached hydrogens (tertiary/aromatic N) is 1. The molecule has 11 aromatic rings. The normalized spacial score (nSPS) is 16.1. The summed E-state index contributed by atoms with van der Waals surface area (Å²) >= 11 is 0. The van der Waals surface area contributed by atoms with Crippen LogP contribution >= 0.6 is 0 Å². The first-order valence-corrected chi connectivity index (χ1v) is 22.3. The fourth-order valence-electron chi connectivity index (χ4n) is 12.7. The molecule has 2 heterocycles. The van der Waals surface area contributed by atoms with Crippen molar-refractivity contribution in [2.45, 2.75) is 10.8 Å². The third-order valence-corrected chi connectivity index (χ3v) is 15.1. The van der Waals surface area contributed by atoms with Crippen LogP contribution in [0.2, 0.25) is 0 Å². The van der Waals surface area contributed by atoms with Crippen molar-refractivity contribution in [1.29, 1.82) is 0 Å². The fraction of sp³-hybridized carbons (Fsp3) is 0.0323. The summed E-state index contributed by atoms with van der Waals surface area (Å²) in [6, 6.07) is 83.8. The van der Waals surface area contributed by atoms with Crippen LogP contribution < -0.4 is 4.74 Å². The third kappa shape index (κ3) is 4.08. The lowest BCUT2D eigenvalue weighted by molar-refractivity contribution is 0.436. The lowest BCUT2D eigenvalue weighted by atomic mass is 9.65. The molecule has 15 rings (SSSR count). The second kappa shape index (κ2) is 12.2. The Morgan fingerprint density at radius 1 is 0.281 bits per heavy atom. The van der Waals surface area contributed by atoms with Crippen LogP contribution in [0.15, 0.2) is 224 Å². The summed E-state index contributed by atoms with van der Waals surface area (Å²) in [6.45, 7) is 0. The molecule has 0 amide bonds. The van der Waals surface area contributed by atoms with Gasteiger partial charge in [0.15, 0.2) is 0 Å². The maximum Gasteiger partial charge on any atom is 0.132 e. The third-order valence-electron chi connectivity index (χ3n) is 15.1. The van der Waals surface area contributed by atoms with Crippen LogP contribution in [0.1, 0.15) is 44.5 Å². The van der Waals surface area contributed by atoms with Crippen LogP contribution in [-0.2, 0) is 10.8 Å². The van der Waals surface area contributed by atoms with E-state index in [1.165, 1.54) is 99.7 Å². The highest BCUT2D eigenvalue weighted by Crippen LogP contribution is 2.65. The minimum Gasteiger partial charge on any atom is -0.457 e. The maximum atomic E-state index is 6.87. The Morgan fingerprint density at radius 2 is 0.797 bits per heavy atom. The molecule has 0 saturated heterocycles. The summed E-state index contributed by atoms with van der Waals surface area (Å²) in [5.41, 5.74) is 22.9. The van der Waals surface area contributed by atoms with Gasteiger partial charge in [-0.05, 0) is 126 Å². The first kappa shape index (κ1) is 34.4. The standard InChI is InChI=1S/C62H37NO/c1-2-16-38(17-3-1)39-30-33-60-56(34-39)62(53-27-13-15-29-59(53)64-60)52-26-12-7-21-44(52)47-36-48-46-22-8-14-28-57(46)63(58(48)37-55(47)62)40-31-32-45-43-20-6-11-25-51(43)61(54(45)35-40)49-23-9-4-18-41(49)42-19-5-10-24-50(42)61/h1-37H. The van der Waals surface area contributed by atoms with Crippen molar-refractivity contribution < 1.29 is 4.74 Å². The smallest absolute Gasteiger partial charge is 0.132 e. The van der Waals surface area contributed by atoms with Gasteiger partial charge >= 0.3 is 0 Å². The predicted molar refractivity (Wildman–Crippen MR) is 260 cm³/mol. The summed E-state index contributed by atoms with van der Waals surface area (Å²) in [4.78, 5) is 0. The van der Waals surface area contributed by atoms with Gasteiger partial charge in [-0.1, -0.05) is 176 Å². The van der Waals surface area contributed by atoms with E-state index in [0.717, 1.165) is 28.3 Å². The zero-order valence-corrected chi connectivity index (χ0v) is 34.7. The van der Waals surface area contributed by atoms with E-state index >= 15 is 0 Å². The van der Waals surface area contributed by atoms with Crippen LogP contribution in [0.3, 0.4) is 0 Å². The van der Waals surface area contributed by atoms with Crippen LogP contribution in [0, 0.1) is 0 Å². The molecule has 2 nitrogen and oxygen atoms in total. The van der Waals surface area contributed by atoms with Crippen LogP contribution in [0.5, 0.6) is 11.5 Å². The Labute approximate surface area is 370 Å². The number of fused-ring (bicyclic) bond motifs is 22. The van der Waals surface area contributed by atoms with Gasteiger partial charge in [0.1, 0.15) is 11.5 Å². The summed E-state index contributed by atoms with van der Waals surface area (Å²) in [5, 5.41) is 2.49. The molecule has 10 aromatic carbocycles. The van der Waals surface area contributed by atoms with Gasteiger partial charge in [-0.3, -0.25) is 0 Å². The number of hydrogen-bond donors (Lipinski definition) is 0. The van der Waals surface area contributed by atoms with E-state index in [4.69, 9.17) is 4.74 Å². The Hall–Kier alpha value is -8.20. The van der Waals surface area contributed by atoms with E-state index in [2.05, 4.69) is 229 Å². The number of ether oxygens (including phenoxy) is 1. The molecule has 1 atom stereocenters. The van der Waals surface area contributed by atoms with Crippen molar-refractivity contribution in [3.05, 3.63) is 269 Å². The molecule has 3 aliphatic carbocycles. The summed E-state index contributed by atoms with van der Waals surface area (Å²) < 4.78 is 9.41. The molecule has 64 heavy (non-hydrogen) atoms. The van der Waals surface area contributed by atoms with Crippen molar-refractivity contribution in [2.75, 3.05) is 0 Å². The first-order chi connectivity index (χ1) is 31.7. The second-order valence-corrected chi connectivity index (χ2v) is 17.9. The number of rotatable bonds is 2. The molecule has 0 N–H and O–H groups in total. The highest BCUT2D eigenvalue weighted by Gasteiger charge is 2.53. The molecular weight excluding hydrogens is 775 g/mol. The molecule has 0 bridgehead atoms. The minimum absolute atomic E-state index is 0.438. The molecular formula is C62H37NO. The Bertz CT molecular complexity index is 3770. The molecule has 0 fully saturated rings. The molecule has 0 saturated carbocycles. The molecule has 0 radical (unpaired) electrons. The Morgan fingerprint density at radius 3 is 1.48 bits per heavy atom. The molecule has 296 valence electrons. The lowest BCUT2D eigenvalue weighted by Crippen LogP contribution is -2.32. The highest BCUT2D eigenvalue weighted by molar-refractivity contribution is 6.12. The van der Waals surface area contributed by atoms with Gasteiger partial charge in [-0.15, -0.1) is 0 Å². The van der Waals surface area contributed by atoms with Crippen LogP contribution in [-0.4, -0.2) is 4.57 Å². The summed E-state index contributed by atoms with van der Waals surface area (Å²) in [5.74, 6) is 1.79. The molecule has 2 heteroatoms. The van der Waals surface area contributed by atoms with Crippen molar-refractivity contribution in [2.24, 2.45) is 0 Å². The van der Waals surface area contributed by atoms with Gasteiger partial charge in [0, 0.05) is 27.6 Å². The van der Waals surface area contributed by atoms with E-state index in [9.17, 15) is 0 Å². The minimum atomic E-state index is -0.628. The van der Waals surface area contributed by atoms with Gasteiger partial charge in [-0.25, -0.2) is 0 Å². The number of para-hydroxylation sites is 2. The van der Waals surface area contributed by atoms with Gasteiger partial charge in [-0.2, -0.15) is 0 Å². The topological polar surface area (TPSA) is 14.2 Å². The fourth-order valence-corrected chi connectivity index (χ4v) is 12.7. The SMILES string of the molecule is c1ccc(-c2ccc3c(c2)C2(c4ccccc4O3)c3ccccc3-c3cc4c5ccccc5n(-c5ccc6c(c5)C5(c7ccccc7-c7ccccc75)c5ccccc5-6)c4cc32)cc1. The first-order valence-electron chi connectivity index (χ1n) is 22.3. The van der Waals surface area contributed by atoms with E-state index in [0.29, 0.717) is 0 Å². The van der Waals surface area contributed by atoms with E-state index < -0.39 is 10.8 Å². The highest BCUT2D eigenvalue weighted by atomic mass is 16.5. The largest absolute Gasteiger partial charge is 0.457 e. The zero-order chi connectivity index (χ0) is 41.7. The van der Waals surface area contributed by atoms with Crippen molar-refractivity contribution in [3.8, 4) is 61.7 Å². The second-order valence-electron chi connectivity index (χ2n) is 17.9. The van der Waals surface area contributed by atoms with Gasteiger partial charge < -0.3 is 9.30 Å². The van der Waals surface area contributed by atoms with E-state index in [1.807, 2.05) is 0 Å². The lowest BCUT2D eigenvalue weighted by Gasteiger charge is -2.39. The monoisotopic (exact) mass is 811 g/mol. The molecule has 1 aliphatic heterocycles. The average Bonchev–Trinajstić information content (AvgIpc) is 4.04. The van der Waals surface area contributed by atoms with Crippen molar-refractivity contribution in [1.82, 2.24) is 4.57 Å². The molecule has 1 aromatic heterocycles. The predicted octanol–water partition coefficient (Wildman–Crippen LogP) is 15.3. The number of hydrogen-bond acceptors (Lipinski definition) is 1. The van der Waals surface area contributed by atoms with Crippen LogP contribution in [0.4, 0.5) is 0 Å². The zero-order valence-electron chi connectivity index (χ0n) is 34.7. The molecule has 4 aliphatic rings. The van der Waals surface area contributed by atoms with E-state index in [1.54, 1.807) is 0 Å².